The Morgan fingerprint density at radius 3 is 2.69 bits per heavy atom. The van der Waals surface area contributed by atoms with Crippen molar-refractivity contribution in [3.63, 3.8) is 0 Å². The van der Waals surface area contributed by atoms with Crippen molar-refractivity contribution in [1.29, 1.82) is 0 Å². The largest absolute Gasteiger partial charge is 0.347 e. The fourth-order valence-corrected chi connectivity index (χ4v) is 1.10. The number of aromatic amines is 1. The number of amides is 2. The second kappa shape index (κ2) is 5.24. The molecule has 1 heterocycles. The normalized spacial score (nSPS) is 9.94. The maximum atomic E-state index is 11.5. The minimum Gasteiger partial charge on any atom is -0.347 e. The van der Waals surface area contributed by atoms with Gasteiger partial charge >= 0.3 is 0 Å². The Morgan fingerprint density at radius 1 is 1.50 bits per heavy atom. The maximum absolute atomic E-state index is 11.5. The van der Waals surface area contributed by atoms with E-state index in [2.05, 4.69) is 20.5 Å². The molecule has 7 nitrogen and oxygen atoms in total. The lowest BCUT2D eigenvalue weighted by molar-refractivity contribution is -0.131. The van der Waals surface area contributed by atoms with Crippen LogP contribution in [-0.2, 0) is 16.1 Å². The molecule has 0 aromatic carbocycles. The van der Waals surface area contributed by atoms with Gasteiger partial charge in [0.05, 0.1) is 13.1 Å². The summed E-state index contributed by atoms with van der Waals surface area (Å²) in [4.78, 5) is 27.7. The quantitative estimate of drug-likeness (QED) is 0.702. The lowest BCUT2D eigenvalue weighted by atomic mass is 10.4. The first kappa shape index (κ1) is 12.2. The lowest BCUT2D eigenvalue weighted by Crippen LogP contribution is -2.37. The van der Waals surface area contributed by atoms with E-state index in [4.69, 9.17) is 0 Å². The molecule has 1 rings (SSSR count). The zero-order valence-electron chi connectivity index (χ0n) is 9.57. The van der Waals surface area contributed by atoms with E-state index in [1.165, 1.54) is 11.8 Å². The van der Waals surface area contributed by atoms with Crippen molar-refractivity contribution in [2.75, 3.05) is 13.6 Å². The fourth-order valence-electron chi connectivity index (χ4n) is 1.10. The Morgan fingerprint density at radius 2 is 2.19 bits per heavy atom. The molecule has 2 N–H and O–H groups in total. The maximum Gasteiger partial charge on any atom is 0.242 e. The van der Waals surface area contributed by atoms with Crippen molar-refractivity contribution >= 4 is 11.8 Å². The minimum absolute atomic E-state index is 0.00472. The second-order valence-corrected chi connectivity index (χ2v) is 3.50. The van der Waals surface area contributed by atoms with Crippen LogP contribution in [0.4, 0.5) is 0 Å². The van der Waals surface area contributed by atoms with Gasteiger partial charge in [0.1, 0.15) is 5.82 Å². The minimum atomic E-state index is -0.226. The number of rotatable bonds is 4. The summed E-state index contributed by atoms with van der Waals surface area (Å²) in [6.45, 7) is 3.47. The van der Waals surface area contributed by atoms with E-state index in [1.54, 1.807) is 14.0 Å². The molecule has 0 spiro atoms. The zero-order valence-corrected chi connectivity index (χ0v) is 9.57. The average Bonchev–Trinajstić information content (AvgIpc) is 2.60. The standard InChI is InChI=1S/C9H15N5O2/c1-6-11-8(13-12-6)5-14(3)9(16)4-10-7(2)15/h4-5H2,1-3H3,(H,10,15)(H,11,12,13). The Kier molecular flexibility index (Phi) is 3.98. The van der Waals surface area contributed by atoms with Crippen LogP contribution in [0.2, 0.25) is 0 Å². The van der Waals surface area contributed by atoms with Gasteiger partial charge in [-0.25, -0.2) is 4.98 Å². The van der Waals surface area contributed by atoms with E-state index in [9.17, 15) is 9.59 Å². The molecule has 0 aliphatic rings. The average molecular weight is 225 g/mol. The van der Waals surface area contributed by atoms with Gasteiger partial charge < -0.3 is 10.2 Å². The molecule has 0 radical (unpaired) electrons. The number of likely N-dealkylation sites (N-methyl/N-ethyl adjacent to an activating group) is 1. The van der Waals surface area contributed by atoms with E-state index in [0.717, 1.165) is 0 Å². The van der Waals surface area contributed by atoms with E-state index in [0.29, 0.717) is 18.2 Å². The van der Waals surface area contributed by atoms with E-state index >= 15 is 0 Å². The van der Waals surface area contributed by atoms with Gasteiger partial charge in [0.15, 0.2) is 5.82 Å². The predicted octanol–water partition coefficient (Wildman–Crippen LogP) is -0.792. The van der Waals surface area contributed by atoms with E-state index in [-0.39, 0.29) is 18.4 Å². The number of carbonyl (C=O) groups is 2. The van der Waals surface area contributed by atoms with Crippen molar-refractivity contribution in [1.82, 2.24) is 25.4 Å². The number of hydrogen-bond acceptors (Lipinski definition) is 4. The van der Waals surface area contributed by atoms with Crippen LogP contribution in [0.1, 0.15) is 18.6 Å². The summed E-state index contributed by atoms with van der Waals surface area (Å²) in [5, 5.41) is 9.05. The summed E-state index contributed by atoms with van der Waals surface area (Å²) in [6.07, 6.45) is 0. The molecular weight excluding hydrogens is 210 g/mol. The van der Waals surface area contributed by atoms with Gasteiger partial charge in [0.25, 0.3) is 0 Å². The highest BCUT2D eigenvalue weighted by atomic mass is 16.2. The highest BCUT2D eigenvalue weighted by molar-refractivity contribution is 5.83. The smallest absolute Gasteiger partial charge is 0.242 e. The van der Waals surface area contributed by atoms with Gasteiger partial charge in [0, 0.05) is 14.0 Å². The first-order valence-corrected chi connectivity index (χ1v) is 4.85. The van der Waals surface area contributed by atoms with Crippen LogP contribution in [0.3, 0.4) is 0 Å². The van der Waals surface area contributed by atoms with Gasteiger partial charge in [0.2, 0.25) is 11.8 Å². The van der Waals surface area contributed by atoms with Crippen molar-refractivity contribution in [3.05, 3.63) is 11.6 Å². The van der Waals surface area contributed by atoms with Crippen LogP contribution in [-0.4, -0.2) is 45.5 Å². The number of aromatic nitrogens is 3. The molecule has 0 aliphatic carbocycles. The van der Waals surface area contributed by atoms with Crippen LogP contribution < -0.4 is 5.32 Å². The summed E-state index contributed by atoms with van der Waals surface area (Å²) in [7, 11) is 1.63. The summed E-state index contributed by atoms with van der Waals surface area (Å²) in [6, 6.07) is 0. The number of hydrogen-bond donors (Lipinski definition) is 2. The molecule has 0 unspecified atom stereocenters. The van der Waals surface area contributed by atoms with Crippen LogP contribution in [0, 0.1) is 6.92 Å². The van der Waals surface area contributed by atoms with E-state index in [1.807, 2.05) is 0 Å². The molecule has 0 saturated carbocycles. The first-order valence-electron chi connectivity index (χ1n) is 4.85. The van der Waals surface area contributed by atoms with Crippen LogP contribution >= 0.6 is 0 Å². The van der Waals surface area contributed by atoms with Gasteiger partial charge in [-0.15, -0.1) is 0 Å². The highest BCUT2D eigenvalue weighted by Crippen LogP contribution is 1.96. The fraction of sp³-hybridized carbons (Fsp3) is 0.556. The number of H-pyrrole nitrogens is 1. The molecule has 1 aromatic heterocycles. The summed E-state index contributed by atoms with van der Waals surface area (Å²) >= 11 is 0. The topological polar surface area (TPSA) is 91.0 Å². The number of nitrogens with zero attached hydrogens (tertiary/aromatic N) is 3. The van der Waals surface area contributed by atoms with Crippen molar-refractivity contribution in [2.45, 2.75) is 20.4 Å². The van der Waals surface area contributed by atoms with Crippen molar-refractivity contribution in [3.8, 4) is 0 Å². The molecule has 0 saturated heterocycles. The van der Waals surface area contributed by atoms with Crippen LogP contribution in [0.25, 0.3) is 0 Å². The van der Waals surface area contributed by atoms with Crippen molar-refractivity contribution < 1.29 is 9.59 Å². The monoisotopic (exact) mass is 225 g/mol. The van der Waals surface area contributed by atoms with E-state index < -0.39 is 0 Å². The molecule has 2 amide bonds. The Balaban J connectivity index is 2.42. The van der Waals surface area contributed by atoms with Gasteiger partial charge in [-0.1, -0.05) is 0 Å². The first-order chi connectivity index (χ1) is 7.49. The number of nitrogens with one attached hydrogen (secondary N) is 2. The van der Waals surface area contributed by atoms with Gasteiger partial charge in [-0.3, -0.25) is 14.7 Å². The molecule has 16 heavy (non-hydrogen) atoms. The highest BCUT2D eigenvalue weighted by Gasteiger charge is 2.11. The zero-order chi connectivity index (χ0) is 12.1. The third kappa shape index (κ3) is 3.68. The third-order valence-corrected chi connectivity index (χ3v) is 1.94. The second-order valence-electron chi connectivity index (χ2n) is 3.50. The Bertz CT molecular complexity index is 387. The number of aryl methyl sites for hydroxylation is 1. The van der Waals surface area contributed by atoms with Gasteiger partial charge in [-0.2, -0.15) is 5.10 Å². The van der Waals surface area contributed by atoms with Crippen LogP contribution in [0.15, 0.2) is 0 Å². The molecule has 7 heteroatoms. The SMILES string of the molecule is CC(=O)NCC(=O)N(C)Cc1n[nH]c(C)n1. The molecule has 0 fully saturated rings. The Labute approximate surface area is 93.2 Å². The summed E-state index contributed by atoms with van der Waals surface area (Å²) < 4.78 is 0. The molecule has 88 valence electrons. The summed E-state index contributed by atoms with van der Waals surface area (Å²) in [5.41, 5.74) is 0. The molecular formula is C9H15N5O2. The third-order valence-electron chi connectivity index (χ3n) is 1.94. The molecule has 0 aliphatic heterocycles. The molecule has 1 aromatic rings. The lowest BCUT2D eigenvalue weighted by Gasteiger charge is -2.14. The number of carbonyl (C=O) groups excluding carboxylic acids is 2. The van der Waals surface area contributed by atoms with Crippen molar-refractivity contribution in [2.24, 2.45) is 0 Å². The predicted molar refractivity (Wildman–Crippen MR) is 56.3 cm³/mol. The Hall–Kier alpha value is -1.92. The van der Waals surface area contributed by atoms with Gasteiger partial charge in [-0.05, 0) is 6.92 Å². The molecule has 0 bridgehead atoms. The molecule has 0 atom stereocenters. The summed E-state index contributed by atoms with van der Waals surface area (Å²) in [5.74, 6) is 0.849. The van der Waals surface area contributed by atoms with Crippen LogP contribution in [0.5, 0.6) is 0 Å².